The van der Waals surface area contributed by atoms with E-state index in [2.05, 4.69) is 16.3 Å². The molecule has 1 fully saturated rings. The van der Waals surface area contributed by atoms with E-state index in [0.717, 1.165) is 16.7 Å². The first-order chi connectivity index (χ1) is 14.1. The summed E-state index contributed by atoms with van der Waals surface area (Å²) in [6.45, 7) is 1.39. The van der Waals surface area contributed by atoms with Crippen molar-refractivity contribution in [3.8, 4) is 22.9 Å². The molecule has 1 aliphatic rings. The van der Waals surface area contributed by atoms with Crippen molar-refractivity contribution < 1.29 is 13.9 Å². The minimum atomic E-state index is -0.438. The molecule has 0 radical (unpaired) electrons. The van der Waals surface area contributed by atoms with E-state index in [1.807, 2.05) is 12.1 Å². The van der Waals surface area contributed by atoms with Gasteiger partial charge in [-0.15, -0.1) is 0 Å². The molecule has 2 heterocycles. The van der Waals surface area contributed by atoms with E-state index in [-0.39, 0.29) is 11.8 Å². The van der Waals surface area contributed by atoms with E-state index in [4.69, 9.17) is 4.74 Å². The van der Waals surface area contributed by atoms with Crippen LogP contribution in [0.2, 0.25) is 0 Å². The predicted octanol–water partition coefficient (Wildman–Crippen LogP) is 3.54. The van der Waals surface area contributed by atoms with Crippen molar-refractivity contribution in [1.82, 2.24) is 15.1 Å². The Labute approximate surface area is 166 Å². The van der Waals surface area contributed by atoms with Gasteiger partial charge in [-0.3, -0.25) is 10.00 Å². The number of nitriles is 1. The van der Waals surface area contributed by atoms with Gasteiger partial charge in [0.1, 0.15) is 0 Å². The molecule has 2 aromatic carbocycles. The van der Waals surface area contributed by atoms with Crippen LogP contribution >= 0.6 is 0 Å². The van der Waals surface area contributed by atoms with Gasteiger partial charge in [0.05, 0.1) is 24.9 Å². The molecule has 7 nitrogen and oxygen atoms in total. The molecule has 0 spiro atoms. The van der Waals surface area contributed by atoms with Crippen molar-refractivity contribution >= 4 is 11.7 Å². The molecule has 1 aromatic heterocycles. The van der Waals surface area contributed by atoms with Gasteiger partial charge in [-0.1, -0.05) is 12.1 Å². The van der Waals surface area contributed by atoms with Crippen molar-refractivity contribution in [2.24, 2.45) is 0 Å². The number of aromatic amines is 1. The number of halogens is 1. The minimum absolute atomic E-state index is 0.152. The van der Waals surface area contributed by atoms with Crippen LogP contribution in [-0.4, -0.2) is 41.3 Å². The molecular weight excluding hydrogens is 373 g/mol. The molecule has 0 aliphatic carbocycles. The van der Waals surface area contributed by atoms with E-state index < -0.39 is 5.82 Å². The summed E-state index contributed by atoms with van der Waals surface area (Å²) in [5.41, 5.74) is 3.49. The lowest BCUT2D eigenvalue weighted by molar-refractivity contribution is 0.218. The number of H-pyrrole nitrogens is 1. The quantitative estimate of drug-likeness (QED) is 0.721. The molecule has 29 heavy (non-hydrogen) atoms. The molecule has 0 saturated carbocycles. The molecule has 1 N–H and O–H groups in total. The van der Waals surface area contributed by atoms with Crippen LogP contribution < -0.4 is 9.64 Å². The van der Waals surface area contributed by atoms with Crippen LogP contribution in [-0.2, 0) is 6.54 Å². The zero-order chi connectivity index (χ0) is 20.4. The van der Waals surface area contributed by atoms with Crippen LogP contribution in [0.25, 0.3) is 11.1 Å². The van der Waals surface area contributed by atoms with E-state index >= 15 is 0 Å². The number of aromatic nitrogens is 2. The molecule has 1 saturated heterocycles. The summed E-state index contributed by atoms with van der Waals surface area (Å²) >= 11 is 0. The fourth-order valence-corrected chi connectivity index (χ4v) is 3.43. The van der Waals surface area contributed by atoms with Gasteiger partial charge in [0.15, 0.2) is 11.6 Å². The third-order valence-electron chi connectivity index (χ3n) is 4.93. The predicted molar refractivity (Wildman–Crippen MR) is 105 cm³/mol. The molecule has 0 unspecified atom stereocenters. The van der Waals surface area contributed by atoms with Crippen molar-refractivity contribution in [3.05, 3.63) is 65.7 Å². The third kappa shape index (κ3) is 3.50. The standard InChI is InChI=1S/C21H18FN5O2/c1-29-20-8-14(2-5-19(20)22)13-26-6-7-27(21(26)28)17-3-4-18(15(9-17)10-23)16-11-24-25-12-16/h2-5,8-9,11-12H,6-7,13H2,1H3,(H,24,25). The first kappa shape index (κ1) is 18.5. The molecule has 2 amide bonds. The van der Waals surface area contributed by atoms with Crippen LogP contribution in [0, 0.1) is 17.1 Å². The highest BCUT2D eigenvalue weighted by Crippen LogP contribution is 2.29. The second-order valence-corrected chi connectivity index (χ2v) is 6.65. The fourth-order valence-electron chi connectivity index (χ4n) is 3.43. The summed E-state index contributed by atoms with van der Waals surface area (Å²) in [5.74, 6) is -0.285. The number of hydrogen-bond donors (Lipinski definition) is 1. The number of carbonyl (C=O) groups excluding carboxylic acids is 1. The number of nitrogens with zero attached hydrogens (tertiary/aromatic N) is 4. The summed E-state index contributed by atoms with van der Waals surface area (Å²) in [5, 5.41) is 16.2. The van der Waals surface area contributed by atoms with Gasteiger partial charge >= 0.3 is 6.03 Å². The Morgan fingerprint density at radius 1 is 1.28 bits per heavy atom. The van der Waals surface area contributed by atoms with Crippen LogP contribution in [0.15, 0.2) is 48.8 Å². The van der Waals surface area contributed by atoms with Gasteiger partial charge in [-0.2, -0.15) is 10.4 Å². The van der Waals surface area contributed by atoms with Crippen LogP contribution in [0.5, 0.6) is 5.75 Å². The summed E-state index contributed by atoms with van der Waals surface area (Å²) in [6, 6.07) is 12.0. The lowest BCUT2D eigenvalue weighted by atomic mass is 10.0. The smallest absolute Gasteiger partial charge is 0.324 e. The van der Waals surface area contributed by atoms with Crippen molar-refractivity contribution in [2.45, 2.75) is 6.54 Å². The Hall–Kier alpha value is -3.86. The SMILES string of the molecule is COc1cc(CN2CCN(c3ccc(-c4cn[nH]c4)c(C#N)c3)C2=O)ccc1F. The van der Waals surface area contributed by atoms with Gasteiger partial charge in [0.25, 0.3) is 0 Å². The Kier molecular flexibility index (Phi) is 4.87. The number of benzene rings is 2. The maximum absolute atomic E-state index is 13.6. The Bertz CT molecular complexity index is 1090. The summed E-state index contributed by atoms with van der Waals surface area (Å²) in [4.78, 5) is 16.2. The van der Waals surface area contributed by atoms with Gasteiger partial charge < -0.3 is 9.64 Å². The van der Waals surface area contributed by atoms with Gasteiger partial charge in [0.2, 0.25) is 0 Å². The second kappa shape index (κ2) is 7.64. The van der Waals surface area contributed by atoms with Crippen LogP contribution in [0.1, 0.15) is 11.1 Å². The first-order valence-electron chi connectivity index (χ1n) is 9.03. The Morgan fingerprint density at radius 2 is 2.14 bits per heavy atom. The summed E-state index contributed by atoms with van der Waals surface area (Å²) in [7, 11) is 1.41. The highest BCUT2D eigenvalue weighted by atomic mass is 19.1. The Balaban J connectivity index is 1.54. The number of nitrogens with one attached hydrogen (secondary N) is 1. The third-order valence-corrected chi connectivity index (χ3v) is 4.93. The second-order valence-electron chi connectivity index (χ2n) is 6.65. The first-order valence-corrected chi connectivity index (χ1v) is 9.03. The molecule has 0 bridgehead atoms. The maximum atomic E-state index is 13.6. The monoisotopic (exact) mass is 391 g/mol. The van der Waals surface area contributed by atoms with Gasteiger partial charge in [-0.05, 0) is 29.8 Å². The number of ether oxygens (including phenoxy) is 1. The van der Waals surface area contributed by atoms with Gasteiger partial charge in [-0.25, -0.2) is 9.18 Å². The highest BCUT2D eigenvalue weighted by molar-refractivity contribution is 5.94. The summed E-state index contributed by atoms with van der Waals surface area (Å²) < 4.78 is 18.6. The largest absolute Gasteiger partial charge is 0.494 e. The van der Waals surface area contributed by atoms with E-state index in [0.29, 0.717) is 30.9 Å². The Morgan fingerprint density at radius 3 is 2.86 bits per heavy atom. The fraction of sp³-hybridized carbons (Fsp3) is 0.190. The van der Waals surface area contributed by atoms with Crippen molar-refractivity contribution in [1.29, 1.82) is 5.26 Å². The number of rotatable bonds is 5. The molecule has 0 atom stereocenters. The van der Waals surface area contributed by atoms with Crippen molar-refractivity contribution in [3.63, 3.8) is 0 Å². The van der Waals surface area contributed by atoms with E-state index in [1.54, 1.807) is 40.4 Å². The number of methoxy groups -OCH3 is 1. The number of amides is 2. The maximum Gasteiger partial charge on any atom is 0.324 e. The average Bonchev–Trinajstić information content (AvgIpc) is 3.39. The zero-order valence-electron chi connectivity index (χ0n) is 15.7. The normalized spacial score (nSPS) is 13.6. The van der Waals surface area contributed by atoms with E-state index in [1.165, 1.54) is 13.2 Å². The lowest BCUT2D eigenvalue weighted by Crippen LogP contribution is -2.31. The number of carbonyl (C=O) groups is 1. The highest BCUT2D eigenvalue weighted by Gasteiger charge is 2.30. The van der Waals surface area contributed by atoms with Crippen LogP contribution in [0.3, 0.4) is 0 Å². The topological polar surface area (TPSA) is 85.2 Å². The molecule has 8 heteroatoms. The molecule has 1 aliphatic heterocycles. The van der Waals surface area contributed by atoms with Gasteiger partial charge in [0, 0.05) is 42.6 Å². The number of anilines is 1. The van der Waals surface area contributed by atoms with Crippen LogP contribution in [0.4, 0.5) is 14.9 Å². The van der Waals surface area contributed by atoms with E-state index in [9.17, 15) is 14.4 Å². The van der Waals surface area contributed by atoms with Crippen molar-refractivity contribution in [2.75, 3.05) is 25.1 Å². The number of hydrogen-bond acceptors (Lipinski definition) is 4. The zero-order valence-corrected chi connectivity index (χ0v) is 15.7. The lowest BCUT2D eigenvalue weighted by Gasteiger charge is -2.19. The average molecular weight is 391 g/mol. The number of urea groups is 1. The molecule has 4 rings (SSSR count). The molecule has 3 aromatic rings. The molecular formula is C21H18FN5O2. The molecule has 146 valence electrons. The summed E-state index contributed by atoms with van der Waals surface area (Å²) in [6.07, 6.45) is 3.37. The minimum Gasteiger partial charge on any atom is -0.494 e.